The van der Waals surface area contributed by atoms with E-state index in [2.05, 4.69) is 23.7 Å². The third-order valence-corrected chi connectivity index (χ3v) is 4.77. The second kappa shape index (κ2) is 7.42. The van der Waals surface area contributed by atoms with Gasteiger partial charge in [-0.15, -0.1) is 11.3 Å². The first kappa shape index (κ1) is 16.5. The standard InChI is InChI=1S/C17H22N2O2S/c1-12-9-10-22-16(12)11-19(3)13(2)17(20)18-14-7-5-6-8-15(14)21-4/h5-10,13H,11H2,1-4H3,(H,18,20)/t13-/m1/s1. The Hall–Kier alpha value is -1.85. The van der Waals surface area contributed by atoms with E-state index in [0.717, 1.165) is 6.54 Å². The molecule has 1 heterocycles. The zero-order valence-corrected chi connectivity index (χ0v) is 14.2. The summed E-state index contributed by atoms with van der Waals surface area (Å²) < 4.78 is 5.26. The average Bonchev–Trinajstić information content (AvgIpc) is 2.92. The molecule has 0 fully saturated rings. The third-order valence-electron chi connectivity index (χ3n) is 3.77. The van der Waals surface area contributed by atoms with Gasteiger partial charge < -0.3 is 10.1 Å². The molecule has 0 aliphatic rings. The molecule has 0 radical (unpaired) electrons. The lowest BCUT2D eigenvalue weighted by molar-refractivity contribution is -0.120. The van der Waals surface area contributed by atoms with Crippen molar-refractivity contribution in [1.82, 2.24) is 4.90 Å². The highest BCUT2D eigenvalue weighted by Gasteiger charge is 2.20. The third kappa shape index (κ3) is 3.87. The number of benzene rings is 1. The number of hydrogen-bond donors (Lipinski definition) is 1. The van der Waals surface area contributed by atoms with E-state index in [-0.39, 0.29) is 11.9 Å². The number of rotatable bonds is 6. The van der Waals surface area contributed by atoms with Crippen molar-refractivity contribution in [3.05, 3.63) is 46.2 Å². The molecule has 22 heavy (non-hydrogen) atoms. The Balaban J connectivity index is 2.01. The Bertz CT molecular complexity index is 639. The van der Waals surface area contributed by atoms with Crippen LogP contribution in [0.2, 0.25) is 0 Å². The van der Waals surface area contributed by atoms with E-state index in [1.807, 2.05) is 43.1 Å². The summed E-state index contributed by atoms with van der Waals surface area (Å²) in [4.78, 5) is 15.8. The van der Waals surface area contributed by atoms with E-state index < -0.39 is 0 Å². The van der Waals surface area contributed by atoms with Crippen LogP contribution in [0.5, 0.6) is 5.75 Å². The van der Waals surface area contributed by atoms with Gasteiger partial charge in [0.05, 0.1) is 18.8 Å². The van der Waals surface area contributed by atoms with Gasteiger partial charge in [-0.05, 0) is 50.0 Å². The van der Waals surface area contributed by atoms with Crippen LogP contribution in [0.1, 0.15) is 17.4 Å². The summed E-state index contributed by atoms with van der Waals surface area (Å²) >= 11 is 1.72. The van der Waals surface area contributed by atoms with Crippen LogP contribution in [0.25, 0.3) is 0 Å². The molecular formula is C17H22N2O2S. The Labute approximate surface area is 135 Å². The predicted molar refractivity (Wildman–Crippen MR) is 91.6 cm³/mol. The molecule has 1 aromatic heterocycles. The lowest BCUT2D eigenvalue weighted by Gasteiger charge is -2.24. The second-order valence-electron chi connectivity index (χ2n) is 5.31. The first-order valence-corrected chi connectivity index (χ1v) is 8.08. The lowest BCUT2D eigenvalue weighted by atomic mass is 10.2. The molecule has 4 nitrogen and oxygen atoms in total. The van der Waals surface area contributed by atoms with Gasteiger partial charge in [-0.3, -0.25) is 9.69 Å². The first-order chi connectivity index (χ1) is 10.5. The maximum atomic E-state index is 12.4. The number of para-hydroxylation sites is 2. The monoisotopic (exact) mass is 318 g/mol. The molecule has 1 amide bonds. The van der Waals surface area contributed by atoms with Crippen LogP contribution in [0.3, 0.4) is 0 Å². The van der Waals surface area contributed by atoms with E-state index >= 15 is 0 Å². The number of ether oxygens (including phenoxy) is 1. The number of likely N-dealkylation sites (N-methyl/N-ethyl adjacent to an activating group) is 1. The van der Waals surface area contributed by atoms with Crippen molar-refractivity contribution in [2.75, 3.05) is 19.5 Å². The number of amides is 1. The molecule has 1 N–H and O–H groups in total. The highest BCUT2D eigenvalue weighted by atomic mass is 32.1. The topological polar surface area (TPSA) is 41.6 Å². The van der Waals surface area contributed by atoms with Crippen molar-refractivity contribution in [1.29, 1.82) is 0 Å². The number of carbonyl (C=O) groups is 1. The van der Waals surface area contributed by atoms with Crippen LogP contribution in [-0.2, 0) is 11.3 Å². The largest absolute Gasteiger partial charge is 0.495 e. The van der Waals surface area contributed by atoms with Gasteiger partial charge >= 0.3 is 0 Å². The number of thiophene rings is 1. The fourth-order valence-electron chi connectivity index (χ4n) is 2.11. The minimum absolute atomic E-state index is 0.0405. The van der Waals surface area contributed by atoms with Crippen LogP contribution < -0.4 is 10.1 Å². The highest BCUT2D eigenvalue weighted by Crippen LogP contribution is 2.24. The minimum atomic E-state index is -0.230. The molecule has 0 spiro atoms. The van der Waals surface area contributed by atoms with Gasteiger partial charge in [0.2, 0.25) is 5.91 Å². The molecule has 5 heteroatoms. The van der Waals surface area contributed by atoms with Crippen LogP contribution in [0.4, 0.5) is 5.69 Å². The number of carbonyl (C=O) groups excluding carboxylic acids is 1. The van der Waals surface area contributed by atoms with E-state index in [9.17, 15) is 4.79 Å². The molecule has 0 saturated heterocycles. The van der Waals surface area contributed by atoms with Gasteiger partial charge in [0, 0.05) is 11.4 Å². The van der Waals surface area contributed by atoms with Gasteiger partial charge in [-0.25, -0.2) is 0 Å². The maximum Gasteiger partial charge on any atom is 0.241 e. The SMILES string of the molecule is COc1ccccc1NC(=O)[C@@H](C)N(C)Cc1sccc1C. The number of hydrogen-bond acceptors (Lipinski definition) is 4. The normalized spacial score (nSPS) is 12.2. The Morgan fingerprint density at radius 1 is 1.36 bits per heavy atom. The number of methoxy groups -OCH3 is 1. The van der Waals surface area contributed by atoms with Crippen molar-refractivity contribution in [2.24, 2.45) is 0 Å². The van der Waals surface area contributed by atoms with Crippen molar-refractivity contribution >= 4 is 22.9 Å². The highest BCUT2D eigenvalue weighted by molar-refractivity contribution is 7.10. The summed E-state index contributed by atoms with van der Waals surface area (Å²) in [6.45, 7) is 4.77. The second-order valence-corrected chi connectivity index (χ2v) is 6.31. The fourth-order valence-corrected chi connectivity index (χ4v) is 3.08. The zero-order valence-electron chi connectivity index (χ0n) is 13.4. The van der Waals surface area contributed by atoms with E-state index in [1.165, 1.54) is 10.4 Å². The molecule has 2 rings (SSSR count). The summed E-state index contributed by atoms with van der Waals surface area (Å²) in [7, 11) is 3.56. The Morgan fingerprint density at radius 2 is 2.09 bits per heavy atom. The van der Waals surface area contributed by atoms with Gasteiger partial charge in [0.15, 0.2) is 0 Å². The number of anilines is 1. The summed E-state index contributed by atoms with van der Waals surface area (Å²) in [5.41, 5.74) is 1.97. The average molecular weight is 318 g/mol. The Kier molecular flexibility index (Phi) is 5.57. The summed E-state index contributed by atoms with van der Waals surface area (Å²) in [6.07, 6.45) is 0. The molecule has 0 aliphatic carbocycles. The van der Waals surface area contributed by atoms with Crippen LogP contribution in [0.15, 0.2) is 35.7 Å². The fraction of sp³-hybridized carbons (Fsp3) is 0.353. The zero-order chi connectivity index (χ0) is 16.1. The number of aryl methyl sites for hydroxylation is 1. The number of nitrogens with zero attached hydrogens (tertiary/aromatic N) is 1. The van der Waals surface area contributed by atoms with Crippen LogP contribution in [-0.4, -0.2) is 31.0 Å². The molecule has 2 aromatic rings. The molecule has 1 atom stereocenters. The molecule has 0 aliphatic heterocycles. The van der Waals surface area contributed by atoms with Gasteiger partial charge in [0.25, 0.3) is 0 Å². The first-order valence-electron chi connectivity index (χ1n) is 7.20. The quantitative estimate of drug-likeness (QED) is 0.886. The molecule has 1 aromatic carbocycles. The summed E-state index contributed by atoms with van der Waals surface area (Å²) in [5.74, 6) is 0.626. The summed E-state index contributed by atoms with van der Waals surface area (Å²) in [5, 5.41) is 5.02. The molecular weight excluding hydrogens is 296 g/mol. The predicted octanol–water partition coefficient (Wildman–Crippen LogP) is 3.52. The smallest absolute Gasteiger partial charge is 0.241 e. The van der Waals surface area contributed by atoms with Gasteiger partial charge in [-0.2, -0.15) is 0 Å². The van der Waals surface area contributed by atoms with Crippen LogP contribution >= 0.6 is 11.3 Å². The van der Waals surface area contributed by atoms with E-state index in [0.29, 0.717) is 11.4 Å². The van der Waals surface area contributed by atoms with E-state index in [4.69, 9.17) is 4.74 Å². The van der Waals surface area contributed by atoms with Gasteiger partial charge in [-0.1, -0.05) is 12.1 Å². The lowest BCUT2D eigenvalue weighted by Crippen LogP contribution is -2.39. The molecule has 118 valence electrons. The van der Waals surface area contributed by atoms with Gasteiger partial charge in [0.1, 0.15) is 5.75 Å². The van der Waals surface area contributed by atoms with Crippen LogP contribution in [0, 0.1) is 6.92 Å². The number of nitrogens with one attached hydrogen (secondary N) is 1. The molecule has 0 bridgehead atoms. The molecule has 0 saturated carbocycles. The van der Waals surface area contributed by atoms with E-state index in [1.54, 1.807) is 18.4 Å². The van der Waals surface area contributed by atoms with Crippen molar-refractivity contribution in [3.8, 4) is 5.75 Å². The minimum Gasteiger partial charge on any atom is -0.495 e. The molecule has 0 unspecified atom stereocenters. The summed E-state index contributed by atoms with van der Waals surface area (Å²) in [6, 6.07) is 9.30. The maximum absolute atomic E-state index is 12.4. The Morgan fingerprint density at radius 3 is 2.73 bits per heavy atom. The van der Waals surface area contributed by atoms with Crippen molar-refractivity contribution in [3.63, 3.8) is 0 Å². The van der Waals surface area contributed by atoms with Crippen molar-refractivity contribution < 1.29 is 9.53 Å². The van der Waals surface area contributed by atoms with Crippen molar-refractivity contribution in [2.45, 2.75) is 26.4 Å².